The molecule has 2 aliphatic rings. The molecule has 11 heteroatoms. The lowest BCUT2D eigenvalue weighted by Gasteiger charge is -2.38. The normalized spacial score (nSPS) is 16.5. The number of aryl methyl sites for hydroxylation is 1. The van der Waals surface area contributed by atoms with Gasteiger partial charge in [-0.2, -0.15) is 5.26 Å². The van der Waals surface area contributed by atoms with Crippen LogP contribution in [0.4, 0.5) is 0 Å². The number of rotatable bonds is 10. The van der Waals surface area contributed by atoms with Crippen molar-refractivity contribution in [2.75, 3.05) is 54.1 Å². The fraction of sp³-hybridized carbons (Fsp3) is 0.381. The van der Waals surface area contributed by atoms with Gasteiger partial charge in [0.1, 0.15) is 28.9 Å². The van der Waals surface area contributed by atoms with Gasteiger partial charge in [0.2, 0.25) is 0 Å². The molecule has 0 bridgehead atoms. The first-order chi connectivity index (χ1) is 25.6. The van der Waals surface area contributed by atoms with E-state index in [9.17, 15) is 14.9 Å². The van der Waals surface area contributed by atoms with Gasteiger partial charge in [-0.1, -0.05) is 18.2 Å². The Balaban J connectivity index is 1.12. The molecule has 2 aliphatic heterocycles. The molecule has 0 saturated carbocycles. The van der Waals surface area contributed by atoms with Crippen molar-refractivity contribution in [3.05, 3.63) is 110 Å². The first-order valence-electron chi connectivity index (χ1n) is 18.0. The summed E-state index contributed by atoms with van der Waals surface area (Å²) in [6.45, 7) is 11.6. The number of benzene rings is 2. The third-order valence-corrected chi connectivity index (χ3v) is 10.8. The molecule has 1 saturated heterocycles. The minimum atomic E-state index is -0.287. The molecule has 0 N–H and O–H groups in total. The number of fused-ring (bicyclic) bond motifs is 1. The van der Waals surface area contributed by atoms with E-state index in [1.54, 1.807) is 62.2 Å². The Morgan fingerprint density at radius 2 is 1.62 bits per heavy atom. The predicted molar refractivity (Wildman–Crippen MR) is 205 cm³/mol. The monoisotopic (exact) mass is 716 g/mol. The smallest absolute Gasteiger partial charge is 0.265 e. The number of nitrogens with zero attached hydrogens (tertiary/aromatic N) is 6. The van der Waals surface area contributed by atoms with E-state index in [1.165, 1.54) is 11.1 Å². The maximum absolute atomic E-state index is 13.6. The summed E-state index contributed by atoms with van der Waals surface area (Å²) in [5.74, 6) is 1.85. The van der Waals surface area contributed by atoms with E-state index in [-0.39, 0.29) is 23.1 Å². The van der Waals surface area contributed by atoms with E-state index in [0.29, 0.717) is 24.5 Å². The second-order valence-corrected chi connectivity index (χ2v) is 13.8. The van der Waals surface area contributed by atoms with Crippen molar-refractivity contribution in [3.63, 3.8) is 0 Å². The number of hydrogen-bond donors (Lipinski definition) is 0. The number of carbonyl (C=O) groups is 1. The van der Waals surface area contributed by atoms with Gasteiger partial charge in [-0.3, -0.25) is 24.4 Å². The van der Waals surface area contributed by atoms with Crippen LogP contribution in [0.15, 0.2) is 65.2 Å². The zero-order chi connectivity index (χ0) is 37.8. The molecule has 276 valence electrons. The molecule has 1 unspecified atom stereocenters. The Morgan fingerprint density at radius 1 is 0.943 bits per heavy atom. The van der Waals surface area contributed by atoms with E-state index < -0.39 is 0 Å². The van der Waals surface area contributed by atoms with Crippen LogP contribution in [0, 0.1) is 25.2 Å². The fourth-order valence-corrected chi connectivity index (χ4v) is 7.54. The van der Waals surface area contributed by atoms with Crippen LogP contribution in [0.3, 0.4) is 0 Å². The van der Waals surface area contributed by atoms with Crippen molar-refractivity contribution in [1.29, 1.82) is 5.26 Å². The molecule has 11 nitrogen and oxygen atoms in total. The molecule has 2 aromatic heterocycles. The maximum atomic E-state index is 13.6. The van der Waals surface area contributed by atoms with Crippen molar-refractivity contribution in [2.45, 2.75) is 46.3 Å². The van der Waals surface area contributed by atoms with Gasteiger partial charge < -0.3 is 23.7 Å². The minimum absolute atomic E-state index is 0.00388. The van der Waals surface area contributed by atoms with Gasteiger partial charge in [0.15, 0.2) is 0 Å². The third-order valence-electron chi connectivity index (χ3n) is 10.8. The van der Waals surface area contributed by atoms with Crippen LogP contribution >= 0.6 is 0 Å². The van der Waals surface area contributed by atoms with E-state index in [1.807, 2.05) is 39.1 Å². The molecule has 1 fully saturated rings. The summed E-state index contributed by atoms with van der Waals surface area (Å²) in [6, 6.07) is 15.9. The molecule has 2 aromatic carbocycles. The van der Waals surface area contributed by atoms with E-state index in [0.717, 1.165) is 84.0 Å². The highest BCUT2D eigenvalue weighted by molar-refractivity contribution is 6.01. The van der Waals surface area contributed by atoms with Crippen LogP contribution in [0.25, 0.3) is 17.2 Å². The average Bonchev–Trinajstić information content (AvgIpc) is 3.18. The average molecular weight is 717 g/mol. The Labute approximate surface area is 311 Å². The zero-order valence-electron chi connectivity index (χ0n) is 31.7. The largest absolute Gasteiger partial charge is 0.496 e. The molecule has 0 aliphatic carbocycles. The number of ether oxygens (including phenoxy) is 3. The van der Waals surface area contributed by atoms with Crippen molar-refractivity contribution >= 4 is 12.0 Å². The topological polar surface area (TPSA) is 113 Å². The standard InChI is InChI=1S/C42H48N6O5/c1-27-28(2)41(49)45(4)25-37(27)31-20-39(52-6)38(40(21-31)53-7)26-47-17-15-46(16-18-47)24-30-9-8-10-35-29(3)48(14-13-36(30)35)42(50)32(22-43)19-33-11-12-34(51-5)23-44-33/h8-12,19-21,23,25,29H,13-18,24,26H2,1-7H3/b32-19+. The zero-order valence-corrected chi connectivity index (χ0v) is 31.7. The molecule has 53 heavy (non-hydrogen) atoms. The van der Waals surface area contributed by atoms with Gasteiger partial charge in [-0.25, -0.2) is 0 Å². The van der Waals surface area contributed by atoms with Crippen molar-refractivity contribution in [1.82, 2.24) is 24.3 Å². The summed E-state index contributed by atoms with van der Waals surface area (Å²) in [5, 5.41) is 9.89. The maximum Gasteiger partial charge on any atom is 0.265 e. The third kappa shape index (κ3) is 7.70. The number of piperazine rings is 1. The summed E-state index contributed by atoms with van der Waals surface area (Å²) in [6.07, 6.45) is 5.72. The minimum Gasteiger partial charge on any atom is -0.496 e. The van der Waals surface area contributed by atoms with Gasteiger partial charge >= 0.3 is 0 Å². The number of methoxy groups -OCH3 is 3. The van der Waals surface area contributed by atoms with Crippen LogP contribution in [-0.4, -0.2) is 84.2 Å². The number of aromatic nitrogens is 2. The van der Waals surface area contributed by atoms with E-state index in [4.69, 9.17) is 14.2 Å². The van der Waals surface area contributed by atoms with Crippen LogP contribution in [0.5, 0.6) is 17.2 Å². The molecule has 1 amide bonds. The lowest BCUT2D eigenvalue weighted by Crippen LogP contribution is -2.45. The first-order valence-corrected chi connectivity index (χ1v) is 18.0. The Bertz CT molecular complexity index is 2100. The van der Waals surface area contributed by atoms with Gasteiger partial charge in [0, 0.05) is 70.2 Å². The summed E-state index contributed by atoms with van der Waals surface area (Å²) in [4.78, 5) is 37.1. The Hall–Kier alpha value is -5.44. The van der Waals surface area contributed by atoms with Gasteiger partial charge in [0.05, 0.1) is 44.8 Å². The van der Waals surface area contributed by atoms with Crippen LogP contribution in [0.2, 0.25) is 0 Å². The number of pyridine rings is 2. The molecule has 4 aromatic rings. The summed E-state index contributed by atoms with van der Waals surface area (Å²) < 4.78 is 18.6. The predicted octanol–water partition coefficient (Wildman–Crippen LogP) is 5.46. The van der Waals surface area contributed by atoms with E-state index in [2.05, 4.69) is 39.1 Å². The summed E-state index contributed by atoms with van der Waals surface area (Å²) in [7, 11) is 6.72. The van der Waals surface area contributed by atoms with Crippen LogP contribution in [-0.2, 0) is 31.4 Å². The molecule has 0 spiro atoms. The molecule has 0 radical (unpaired) electrons. The SMILES string of the molecule is COc1ccc(/C=C(\C#N)C(=O)N2CCc3c(CN4CCN(Cc5c(OC)cc(-c6cn(C)c(=O)c(C)c6C)cc5OC)CC4)cccc3C2C)nc1. The highest BCUT2D eigenvalue weighted by Gasteiger charge is 2.31. The Kier molecular flexibility index (Phi) is 11.3. The number of amides is 1. The number of carbonyl (C=O) groups excluding carboxylic acids is 1. The summed E-state index contributed by atoms with van der Waals surface area (Å²) >= 11 is 0. The van der Waals surface area contributed by atoms with Crippen molar-refractivity contribution in [2.24, 2.45) is 7.05 Å². The first kappa shape index (κ1) is 37.3. The fourth-order valence-electron chi connectivity index (χ4n) is 7.54. The highest BCUT2D eigenvalue weighted by atomic mass is 16.5. The van der Waals surface area contributed by atoms with Crippen LogP contribution in [0.1, 0.15) is 52.0 Å². The molecule has 6 rings (SSSR count). The quantitative estimate of drug-likeness (QED) is 0.156. The van der Waals surface area contributed by atoms with Crippen LogP contribution < -0.4 is 19.8 Å². The number of nitriles is 1. The molecular weight excluding hydrogens is 668 g/mol. The number of hydrogen-bond acceptors (Lipinski definition) is 9. The molecule has 4 heterocycles. The van der Waals surface area contributed by atoms with Crippen molar-refractivity contribution in [3.8, 4) is 34.4 Å². The molecule has 1 atom stereocenters. The summed E-state index contributed by atoms with van der Waals surface area (Å²) in [5.41, 5.74) is 8.92. The Morgan fingerprint density at radius 3 is 2.23 bits per heavy atom. The lowest BCUT2D eigenvalue weighted by molar-refractivity contribution is -0.129. The van der Waals surface area contributed by atoms with Crippen molar-refractivity contribution < 1.29 is 19.0 Å². The lowest BCUT2D eigenvalue weighted by atomic mass is 9.89. The van der Waals surface area contributed by atoms with Gasteiger partial charge in [-0.05, 0) is 85.4 Å². The van der Waals surface area contributed by atoms with Gasteiger partial charge in [-0.15, -0.1) is 0 Å². The van der Waals surface area contributed by atoms with Gasteiger partial charge in [0.25, 0.3) is 11.5 Å². The van der Waals surface area contributed by atoms with E-state index >= 15 is 0 Å². The highest BCUT2D eigenvalue weighted by Crippen LogP contribution is 2.38. The molecular formula is C42H48N6O5. The second kappa shape index (κ2) is 16.1. The second-order valence-electron chi connectivity index (χ2n) is 13.8.